The van der Waals surface area contributed by atoms with Gasteiger partial charge in [0, 0.05) is 55.7 Å². The largest absolute Gasteiger partial charge is 0.326 e. The van der Waals surface area contributed by atoms with Crippen molar-refractivity contribution >= 4 is 35.3 Å². The second-order valence-corrected chi connectivity index (χ2v) is 7.48. The molecule has 1 aromatic heterocycles. The lowest BCUT2D eigenvalue weighted by atomic mass is 10.1. The van der Waals surface area contributed by atoms with Crippen LogP contribution >= 0.6 is 11.8 Å². The van der Waals surface area contributed by atoms with E-state index in [1.165, 1.54) is 4.90 Å². The number of aryl methyl sites for hydroxylation is 1. The summed E-state index contributed by atoms with van der Waals surface area (Å²) >= 11 is 1.74. The average molecular weight is 385 g/mol. The topological polar surface area (TPSA) is 96.3 Å². The summed E-state index contributed by atoms with van der Waals surface area (Å²) in [6, 6.07) is 7.13. The minimum Gasteiger partial charge on any atom is -0.326 e. The number of thioether (sulfide) groups is 1. The van der Waals surface area contributed by atoms with Crippen molar-refractivity contribution in [3.63, 3.8) is 0 Å². The first-order valence-corrected chi connectivity index (χ1v) is 9.76. The van der Waals surface area contributed by atoms with Crippen LogP contribution in [0.15, 0.2) is 35.6 Å². The highest BCUT2D eigenvalue weighted by atomic mass is 32.2. The highest BCUT2D eigenvalue weighted by Gasteiger charge is 2.23. The van der Waals surface area contributed by atoms with Crippen molar-refractivity contribution in [2.45, 2.75) is 24.5 Å². The maximum Gasteiger partial charge on any atom is 0.324 e. The van der Waals surface area contributed by atoms with Gasteiger partial charge in [-0.05, 0) is 12.1 Å². The van der Waals surface area contributed by atoms with Crippen molar-refractivity contribution in [2.24, 2.45) is 0 Å². The number of nitrogens with zero attached hydrogens (tertiary/aromatic N) is 3. The van der Waals surface area contributed by atoms with Gasteiger partial charge in [-0.1, -0.05) is 23.9 Å². The molecule has 27 heavy (non-hydrogen) atoms. The van der Waals surface area contributed by atoms with E-state index < -0.39 is 6.03 Å². The lowest BCUT2D eigenvalue weighted by Gasteiger charge is -2.26. The fourth-order valence-corrected chi connectivity index (χ4v) is 4.02. The fourth-order valence-electron chi connectivity index (χ4n) is 3.08. The number of amides is 4. The average Bonchev–Trinajstić information content (AvgIpc) is 3.23. The molecule has 1 fully saturated rings. The van der Waals surface area contributed by atoms with Gasteiger partial charge in [-0.3, -0.25) is 14.9 Å². The molecule has 140 valence electrons. The van der Waals surface area contributed by atoms with Gasteiger partial charge in [0.15, 0.2) is 5.16 Å². The van der Waals surface area contributed by atoms with Gasteiger partial charge in [0.05, 0.1) is 5.69 Å². The van der Waals surface area contributed by atoms with Crippen LogP contribution in [0.1, 0.15) is 12.8 Å². The van der Waals surface area contributed by atoms with Crippen molar-refractivity contribution in [2.75, 3.05) is 24.2 Å². The Morgan fingerprint density at radius 1 is 1.30 bits per heavy atom. The summed E-state index contributed by atoms with van der Waals surface area (Å²) in [6.07, 6.45) is 2.47. The van der Waals surface area contributed by atoms with E-state index in [-0.39, 0.29) is 31.2 Å². The quantitative estimate of drug-likeness (QED) is 0.820. The number of urea groups is 1. The SMILES string of the molecule is O=C1CCN(CCC(=O)Nc2cccc(-c3cn4c(n3)SCC4)c2)C(=O)N1. The molecule has 0 bridgehead atoms. The summed E-state index contributed by atoms with van der Waals surface area (Å²) in [7, 11) is 0. The molecule has 4 rings (SSSR count). The second-order valence-electron chi connectivity index (χ2n) is 6.42. The Morgan fingerprint density at radius 2 is 2.19 bits per heavy atom. The zero-order valence-electron chi connectivity index (χ0n) is 14.6. The van der Waals surface area contributed by atoms with Crippen LogP contribution in [0.4, 0.5) is 10.5 Å². The van der Waals surface area contributed by atoms with E-state index in [4.69, 9.17) is 0 Å². The maximum absolute atomic E-state index is 12.2. The van der Waals surface area contributed by atoms with Gasteiger partial charge >= 0.3 is 6.03 Å². The Kier molecular flexibility index (Phi) is 4.85. The molecule has 2 aliphatic heterocycles. The molecule has 2 N–H and O–H groups in total. The van der Waals surface area contributed by atoms with Crippen LogP contribution in [-0.2, 0) is 16.1 Å². The summed E-state index contributed by atoms with van der Waals surface area (Å²) < 4.78 is 2.14. The lowest BCUT2D eigenvalue weighted by molar-refractivity contribution is -0.121. The van der Waals surface area contributed by atoms with Crippen molar-refractivity contribution in [1.29, 1.82) is 0 Å². The van der Waals surface area contributed by atoms with E-state index in [2.05, 4.69) is 20.2 Å². The highest BCUT2D eigenvalue weighted by molar-refractivity contribution is 7.99. The smallest absolute Gasteiger partial charge is 0.324 e. The first-order chi connectivity index (χ1) is 13.1. The molecule has 0 spiro atoms. The minimum atomic E-state index is -0.438. The molecule has 2 aromatic rings. The van der Waals surface area contributed by atoms with Gasteiger partial charge in [0.1, 0.15) is 0 Å². The molecule has 0 aliphatic carbocycles. The number of hydrogen-bond donors (Lipinski definition) is 2. The van der Waals surface area contributed by atoms with E-state index in [1.807, 2.05) is 30.5 Å². The van der Waals surface area contributed by atoms with E-state index in [0.29, 0.717) is 12.2 Å². The number of anilines is 1. The summed E-state index contributed by atoms with van der Waals surface area (Å²) in [5.74, 6) is 0.600. The molecular weight excluding hydrogens is 366 g/mol. The molecule has 0 unspecified atom stereocenters. The van der Waals surface area contributed by atoms with Gasteiger partial charge in [-0.2, -0.15) is 0 Å². The molecule has 1 aromatic carbocycles. The zero-order chi connectivity index (χ0) is 18.8. The van der Waals surface area contributed by atoms with Crippen LogP contribution in [0.2, 0.25) is 0 Å². The first-order valence-electron chi connectivity index (χ1n) is 8.77. The molecule has 0 radical (unpaired) electrons. The monoisotopic (exact) mass is 385 g/mol. The Labute approximate surface area is 160 Å². The number of fused-ring (bicyclic) bond motifs is 1. The van der Waals surface area contributed by atoms with Crippen LogP contribution in [0, 0.1) is 0 Å². The molecule has 4 amide bonds. The molecule has 0 atom stereocenters. The van der Waals surface area contributed by atoms with Crippen molar-refractivity contribution in [3.05, 3.63) is 30.5 Å². The molecule has 9 heteroatoms. The lowest BCUT2D eigenvalue weighted by Crippen LogP contribution is -2.50. The highest BCUT2D eigenvalue weighted by Crippen LogP contribution is 2.29. The number of nitrogens with one attached hydrogen (secondary N) is 2. The minimum absolute atomic E-state index is 0.168. The third-order valence-corrected chi connectivity index (χ3v) is 5.47. The summed E-state index contributed by atoms with van der Waals surface area (Å²) in [5, 5.41) is 6.14. The summed E-state index contributed by atoms with van der Waals surface area (Å²) in [5.41, 5.74) is 2.53. The van der Waals surface area contributed by atoms with Crippen molar-refractivity contribution in [3.8, 4) is 11.3 Å². The first kappa shape index (κ1) is 17.6. The number of imidazole rings is 1. The van der Waals surface area contributed by atoms with E-state index >= 15 is 0 Å². The molecule has 1 saturated heterocycles. The summed E-state index contributed by atoms with van der Waals surface area (Å²) in [4.78, 5) is 41.2. The normalized spacial score (nSPS) is 16.2. The van der Waals surface area contributed by atoms with Gasteiger partial charge in [-0.15, -0.1) is 0 Å². The number of aromatic nitrogens is 2. The molecule has 8 nitrogen and oxygen atoms in total. The maximum atomic E-state index is 12.2. The Bertz CT molecular complexity index is 889. The number of rotatable bonds is 5. The number of imide groups is 1. The van der Waals surface area contributed by atoms with Gasteiger partial charge in [0.2, 0.25) is 11.8 Å². The standard InChI is InChI=1S/C18H19N5O3S/c24-15(4-6-22-7-5-16(25)21-17(22)26)19-13-3-1-2-12(10-13)14-11-23-8-9-27-18(23)20-14/h1-3,10-11H,4-9H2,(H,19,24)(H,21,25,26). The van der Waals surface area contributed by atoms with Gasteiger partial charge in [-0.25, -0.2) is 9.78 Å². The molecular formula is C18H19N5O3S. The number of carbonyl (C=O) groups is 3. The fraction of sp³-hybridized carbons (Fsp3) is 0.333. The van der Waals surface area contributed by atoms with Crippen LogP contribution in [-0.4, -0.2) is 51.1 Å². The Balaban J connectivity index is 1.35. The Morgan fingerprint density at radius 3 is 3.00 bits per heavy atom. The Hall–Kier alpha value is -2.81. The zero-order valence-corrected chi connectivity index (χ0v) is 15.4. The third-order valence-electron chi connectivity index (χ3n) is 4.50. The van der Waals surface area contributed by atoms with Crippen LogP contribution in [0.3, 0.4) is 0 Å². The molecule has 2 aliphatic rings. The van der Waals surface area contributed by atoms with Crippen LogP contribution < -0.4 is 10.6 Å². The third kappa shape index (κ3) is 3.97. The van der Waals surface area contributed by atoms with Crippen molar-refractivity contribution in [1.82, 2.24) is 19.8 Å². The van der Waals surface area contributed by atoms with Crippen LogP contribution in [0.5, 0.6) is 0 Å². The predicted molar refractivity (Wildman–Crippen MR) is 101 cm³/mol. The predicted octanol–water partition coefficient (Wildman–Crippen LogP) is 1.93. The number of carbonyl (C=O) groups excluding carboxylic acids is 3. The van der Waals surface area contributed by atoms with Gasteiger partial charge in [0.25, 0.3) is 0 Å². The van der Waals surface area contributed by atoms with Gasteiger partial charge < -0.3 is 14.8 Å². The van der Waals surface area contributed by atoms with E-state index in [0.717, 1.165) is 28.7 Å². The molecule has 0 saturated carbocycles. The van der Waals surface area contributed by atoms with E-state index in [1.54, 1.807) is 11.8 Å². The molecule has 3 heterocycles. The number of benzene rings is 1. The van der Waals surface area contributed by atoms with Crippen molar-refractivity contribution < 1.29 is 14.4 Å². The second kappa shape index (κ2) is 7.43. The van der Waals surface area contributed by atoms with E-state index in [9.17, 15) is 14.4 Å². The van der Waals surface area contributed by atoms with Crippen LogP contribution in [0.25, 0.3) is 11.3 Å². The summed E-state index contributed by atoms with van der Waals surface area (Å²) in [6.45, 7) is 1.59. The number of hydrogen-bond acceptors (Lipinski definition) is 5.